The number of hydrogen-bond acceptors (Lipinski definition) is 2. The first-order valence-corrected chi connectivity index (χ1v) is 5.72. The molecule has 19 heavy (non-hydrogen) atoms. The van der Waals surface area contributed by atoms with Gasteiger partial charge in [0.05, 0.1) is 5.56 Å². The van der Waals surface area contributed by atoms with Crippen LogP contribution in [0.5, 0.6) is 0 Å². The van der Waals surface area contributed by atoms with E-state index in [1.54, 1.807) is 7.05 Å². The fraction of sp³-hybridized carbons (Fsp3) is 0.417. The molecule has 0 fully saturated rings. The Morgan fingerprint density at radius 1 is 1.37 bits per heavy atom. The van der Waals surface area contributed by atoms with Crippen LogP contribution in [-0.4, -0.2) is 25.7 Å². The van der Waals surface area contributed by atoms with Crippen LogP contribution in [0.4, 0.5) is 23.7 Å². The molecule has 1 atom stereocenters. The molecule has 0 aromatic heterocycles. The highest BCUT2D eigenvalue weighted by Crippen LogP contribution is 2.30. The number of carbonyl (C=O) groups is 1. The molecule has 0 aliphatic rings. The molecule has 1 unspecified atom stereocenters. The van der Waals surface area contributed by atoms with Gasteiger partial charge in [-0.2, -0.15) is 13.2 Å². The Balaban J connectivity index is 2.60. The van der Waals surface area contributed by atoms with Crippen LogP contribution in [-0.2, 0) is 6.18 Å². The summed E-state index contributed by atoms with van der Waals surface area (Å²) in [6.07, 6.45) is -4.42. The van der Waals surface area contributed by atoms with Crippen molar-refractivity contribution in [1.29, 1.82) is 0 Å². The fourth-order valence-corrected chi connectivity index (χ4v) is 1.30. The molecule has 1 aromatic carbocycles. The summed E-state index contributed by atoms with van der Waals surface area (Å²) in [6, 6.07) is 4.02. The first-order valence-electron chi connectivity index (χ1n) is 5.72. The second-order valence-electron chi connectivity index (χ2n) is 4.10. The Labute approximate surface area is 109 Å². The van der Waals surface area contributed by atoms with E-state index in [1.165, 1.54) is 12.1 Å². The van der Waals surface area contributed by atoms with Gasteiger partial charge in [-0.05, 0) is 32.2 Å². The lowest BCUT2D eigenvalue weighted by atomic mass is 10.2. The third-order valence-electron chi connectivity index (χ3n) is 2.51. The summed E-state index contributed by atoms with van der Waals surface area (Å²) >= 11 is 0. The van der Waals surface area contributed by atoms with E-state index < -0.39 is 17.8 Å². The quantitative estimate of drug-likeness (QED) is 0.790. The van der Waals surface area contributed by atoms with E-state index >= 15 is 0 Å². The predicted octanol–water partition coefficient (Wildman–Crippen LogP) is 2.43. The predicted molar refractivity (Wildman–Crippen MR) is 67.0 cm³/mol. The van der Waals surface area contributed by atoms with Crippen LogP contribution < -0.4 is 16.0 Å². The molecule has 4 nitrogen and oxygen atoms in total. The van der Waals surface area contributed by atoms with E-state index in [9.17, 15) is 18.0 Å². The summed E-state index contributed by atoms with van der Waals surface area (Å²) in [5.74, 6) is 0. The zero-order valence-electron chi connectivity index (χ0n) is 10.6. The number of halogens is 3. The lowest BCUT2D eigenvalue weighted by Crippen LogP contribution is -2.39. The molecular weight excluding hydrogens is 259 g/mol. The number of carbonyl (C=O) groups excluding carboxylic acids is 1. The van der Waals surface area contributed by atoms with E-state index in [2.05, 4.69) is 16.0 Å². The average molecular weight is 275 g/mol. The largest absolute Gasteiger partial charge is 0.416 e. The summed E-state index contributed by atoms with van der Waals surface area (Å²) < 4.78 is 37.4. The van der Waals surface area contributed by atoms with Gasteiger partial charge in [-0.3, -0.25) is 0 Å². The molecule has 3 N–H and O–H groups in total. The monoisotopic (exact) mass is 275 g/mol. The van der Waals surface area contributed by atoms with Gasteiger partial charge in [0.1, 0.15) is 0 Å². The summed E-state index contributed by atoms with van der Waals surface area (Å²) in [7, 11) is 1.75. The maximum Gasteiger partial charge on any atom is 0.416 e. The molecule has 7 heteroatoms. The van der Waals surface area contributed by atoms with Gasteiger partial charge in [0.2, 0.25) is 0 Å². The van der Waals surface area contributed by atoms with Crippen LogP contribution in [0, 0.1) is 0 Å². The highest BCUT2D eigenvalue weighted by atomic mass is 19.4. The van der Waals surface area contributed by atoms with E-state index in [0.29, 0.717) is 6.54 Å². The average Bonchev–Trinajstić information content (AvgIpc) is 2.35. The minimum atomic E-state index is -4.42. The van der Waals surface area contributed by atoms with Gasteiger partial charge in [-0.15, -0.1) is 0 Å². The van der Waals surface area contributed by atoms with Crippen molar-refractivity contribution in [2.75, 3.05) is 18.9 Å². The third kappa shape index (κ3) is 5.17. The van der Waals surface area contributed by atoms with Crippen LogP contribution in [0.25, 0.3) is 0 Å². The molecular formula is C12H16F3N3O. The number of anilines is 1. The fourth-order valence-electron chi connectivity index (χ4n) is 1.30. The van der Waals surface area contributed by atoms with E-state index in [4.69, 9.17) is 0 Å². The Bertz CT molecular complexity index is 434. The van der Waals surface area contributed by atoms with E-state index in [-0.39, 0.29) is 11.7 Å². The van der Waals surface area contributed by atoms with Gasteiger partial charge >= 0.3 is 12.2 Å². The normalized spacial score (nSPS) is 12.9. The van der Waals surface area contributed by atoms with Crippen molar-refractivity contribution < 1.29 is 18.0 Å². The number of likely N-dealkylation sites (N-methyl/N-ethyl adjacent to an activating group) is 1. The lowest BCUT2D eigenvalue weighted by Gasteiger charge is -2.13. The number of alkyl halides is 3. The van der Waals surface area contributed by atoms with Gasteiger partial charge in [-0.1, -0.05) is 6.07 Å². The van der Waals surface area contributed by atoms with Crippen LogP contribution in [0.15, 0.2) is 24.3 Å². The number of urea groups is 1. The first kappa shape index (κ1) is 15.3. The van der Waals surface area contributed by atoms with Crippen LogP contribution >= 0.6 is 0 Å². The van der Waals surface area contributed by atoms with Crippen molar-refractivity contribution in [3.05, 3.63) is 29.8 Å². The molecule has 0 spiro atoms. The maximum atomic E-state index is 12.5. The Morgan fingerprint density at radius 3 is 2.63 bits per heavy atom. The minimum absolute atomic E-state index is 0.0762. The van der Waals surface area contributed by atoms with Gasteiger partial charge < -0.3 is 16.0 Å². The molecule has 106 valence electrons. The summed E-state index contributed by atoms with van der Waals surface area (Å²) in [5.41, 5.74) is -0.696. The first-order chi connectivity index (χ1) is 8.82. The standard InChI is InChI=1S/C12H16F3N3O/c1-8(16-2)7-17-11(19)18-10-5-3-4-9(6-10)12(13,14)15/h3-6,8,16H,7H2,1-2H3,(H2,17,18,19). The smallest absolute Gasteiger partial charge is 0.336 e. The molecule has 0 heterocycles. The van der Waals surface area contributed by atoms with E-state index in [0.717, 1.165) is 12.1 Å². The summed E-state index contributed by atoms with van der Waals surface area (Å²) in [4.78, 5) is 11.5. The second kappa shape index (κ2) is 6.42. The molecule has 1 rings (SSSR count). The van der Waals surface area contributed by atoms with E-state index in [1.807, 2.05) is 6.92 Å². The van der Waals surface area contributed by atoms with Gasteiger partial charge in [0.15, 0.2) is 0 Å². The summed E-state index contributed by atoms with van der Waals surface area (Å²) in [5, 5.41) is 7.82. The molecule has 0 saturated heterocycles. The van der Waals surface area contributed by atoms with Crippen molar-refractivity contribution in [2.24, 2.45) is 0 Å². The van der Waals surface area contributed by atoms with Crippen LogP contribution in [0.3, 0.4) is 0 Å². The Hall–Kier alpha value is -1.76. The number of rotatable bonds is 4. The molecule has 0 aliphatic heterocycles. The number of amides is 2. The maximum absolute atomic E-state index is 12.5. The van der Waals surface area contributed by atoms with Gasteiger partial charge in [0, 0.05) is 18.3 Å². The summed E-state index contributed by atoms with van der Waals surface area (Å²) in [6.45, 7) is 2.24. The molecule has 0 saturated carbocycles. The van der Waals surface area contributed by atoms with Crippen molar-refractivity contribution in [3.8, 4) is 0 Å². The van der Waals surface area contributed by atoms with Crippen molar-refractivity contribution in [3.63, 3.8) is 0 Å². The number of nitrogens with one attached hydrogen (secondary N) is 3. The van der Waals surface area contributed by atoms with Crippen molar-refractivity contribution in [1.82, 2.24) is 10.6 Å². The van der Waals surface area contributed by atoms with Crippen LogP contribution in [0.2, 0.25) is 0 Å². The Kier molecular flexibility index (Phi) is 5.17. The molecule has 0 bridgehead atoms. The SMILES string of the molecule is CNC(C)CNC(=O)Nc1cccc(C(F)(F)F)c1. The van der Waals surface area contributed by atoms with Crippen LogP contribution in [0.1, 0.15) is 12.5 Å². The zero-order chi connectivity index (χ0) is 14.5. The second-order valence-corrected chi connectivity index (χ2v) is 4.10. The zero-order valence-corrected chi connectivity index (χ0v) is 10.6. The minimum Gasteiger partial charge on any atom is -0.336 e. The van der Waals surface area contributed by atoms with Gasteiger partial charge in [-0.25, -0.2) is 4.79 Å². The molecule has 0 aliphatic carbocycles. The molecule has 0 radical (unpaired) electrons. The highest BCUT2D eigenvalue weighted by molar-refractivity contribution is 5.89. The molecule has 2 amide bonds. The molecule has 1 aromatic rings. The number of benzene rings is 1. The number of hydrogen-bond donors (Lipinski definition) is 3. The lowest BCUT2D eigenvalue weighted by molar-refractivity contribution is -0.137. The topological polar surface area (TPSA) is 53.2 Å². The van der Waals surface area contributed by atoms with Gasteiger partial charge in [0.25, 0.3) is 0 Å². The Morgan fingerprint density at radius 2 is 2.05 bits per heavy atom. The van der Waals surface area contributed by atoms with Crippen molar-refractivity contribution in [2.45, 2.75) is 19.1 Å². The van der Waals surface area contributed by atoms with Crippen molar-refractivity contribution >= 4 is 11.7 Å². The highest BCUT2D eigenvalue weighted by Gasteiger charge is 2.30. The third-order valence-corrected chi connectivity index (χ3v) is 2.51.